The molecule has 0 aliphatic heterocycles. The summed E-state index contributed by atoms with van der Waals surface area (Å²) in [4.78, 5) is 4.91. The molecule has 0 spiro atoms. The summed E-state index contributed by atoms with van der Waals surface area (Å²) in [5.41, 5.74) is 10.0. The number of furan rings is 1. The molecule has 226 valence electrons. The third kappa shape index (κ3) is 3.91. The van der Waals surface area contributed by atoms with Crippen molar-refractivity contribution in [1.82, 2.24) is 9.55 Å². The number of fused-ring (bicyclic) bond motifs is 8. The van der Waals surface area contributed by atoms with Gasteiger partial charge in [-0.15, -0.1) is 0 Å². The summed E-state index contributed by atoms with van der Waals surface area (Å²) in [5, 5.41) is 9.71. The van der Waals surface area contributed by atoms with Crippen molar-refractivity contribution >= 4 is 65.3 Å². The van der Waals surface area contributed by atoms with Crippen molar-refractivity contribution in [2.24, 2.45) is 0 Å². The Balaban J connectivity index is 1.20. The normalized spacial score (nSPS) is 11.9. The van der Waals surface area contributed by atoms with Crippen molar-refractivity contribution in [3.63, 3.8) is 0 Å². The third-order valence-electron chi connectivity index (χ3n) is 9.94. The van der Waals surface area contributed by atoms with Crippen molar-refractivity contribution in [2.45, 2.75) is 13.3 Å². The Bertz CT molecular complexity index is 2820. The van der Waals surface area contributed by atoms with E-state index >= 15 is 0 Å². The molecule has 0 saturated carbocycles. The number of hydrogen-bond acceptors (Lipinski definition) is 2. The van der Waals surface area contributed by atoms with Crippen LogP contribution >= 0.6 is 0 Å². The molecular weight excluding hydrogens is 585 g/mol. The smallest absolute Gasteiger partial charge is 0.136 e. The van der Waals surface area contributed by atoms with E-state index in [0.29, 0.717) is 0 Å². The largest absolute Gasteiger partial charge is 0.456 e. The minimum Gasteiger partial charge on any atom is -0.456 e. The van der Waals surface area contributed by atoms with Crippen LogP contribution in [0.15, 0.2) is 156 Å². The second-order valence-corrected chi connectivity index (χ2v) is 12.6. The molecule has 3 nitrogen and oxygen atoms in total. The lowest BCUT2D eigenvalue weighted by Gasteiger charge is -2.18. The molecule has 0 saturated heterocycles. The lowest BCUT2D eigenvalue weighted by molar-refractivity contribution is 0.669. The van der Waals surface area contributed by atoms with Gasteiger partial charge in [0.15, 0.2) is 0 Å². The molecule has 0 aliphatic carbocycles. The van der Waals surface area contributed by atoms with E-state index in [0.717, 1.165) is 45.5 Å². The van der Waals surface area contributed by atoms with Gasteiger partial charge in [0.25, 0.3) is 0 Å². The van der Waals surface area contributed by atoms with Gasteiger partial charge in [-0.2, -0.15) is 0 Å². The van der Waals surface area contributed by atoms with Gasteiger partial charge in [0.2, 0.25) is 0 Å². The summed E-state index contributed by atoms with van der Waals surface area (Å²) in [6.45, 7) is 2.17. The molecule has 2 aromatic heterocycles. The first-order valence-electron chi connectivity index (χ1n) is 16.6. The molecule has 10 rings (SSSR count). The number of benzene rings is 8. The Morgan fingerprint density at radius 1 is 0.521 bits per heavy atom. The van der Waals surface area contributed by atoms with Crippen LogP contribution in [0.25, 0.3) is 93.2 Å². The number of imidazole rings is 1. The van der Waals surface area contributed by atoms with E-state index in [9.17, 15) is 0 Å². The van der Waals surface area contributed by atoms with E-state index < -0.39 is 0 Å². The first-order chi connectivity index (χ1) is 23.8. The first-order valence-corrected chi connectivity index (χ1v) is 16.6. The lowest BCUT2D eigenvalue weighted by atomic mass is 9.85. The van der Waals surface area contributed by atoms with E-state index in [1.807, 2.05) is 0 Å². The Kier molecular flexibility index (Phi) is 5.85. The van der Waals surface area contributed by atoms with Gasteiger partial charge in [-0.3, -0.25) is 4.57 Å². The summed E-state index contributed by atoms with van der Waals surface area (Å²) in [5.74, 6) is 1.07. The Hall–Kier alpha value is -6.19. The zero-order valence-corrected chi connectivity index (χ0v) is 26.4. The van der Waals surface area contributed by atoms with Crippen LogP contribution in [0, 0.1) is 0 Å². The van der Waals surface area contributed by atoms with Gasteiger partial charge < -0.3 is 4.42 Å². The number of nitrogens with zero attached hydrogens (tertiary/aromatic N) is 2. The molecular formula is C45H30N2O. The van der Waals surface area contributed by atoms with E-state index in [1.54, 1.807) is 0 Å². The molecule has 3 heteroatoms. The second-order valence-electron chi connectivity index (χ2n) is 12.6. The molecule has 0 aliphatic rings. The maximum absolute atomic E-state index is 6.37. The van der Waals surface area contributed by atoms with Crippen molar-refractivity contribution < 1.29 is 4.42 Å². The molecule has 2 heterocycles. The van der Waals surface area contributed by atoms with Crippen LogP contribution in [-0.2, 0) is 6.42 Å². The molecule has 10 aromatic rings. The molecule has 0 amide bonds. The first kappa shape index (κ1) is 27.0. The van der Waals surface area contributed by atoms with Gasteiger partial charge in [0.1, 0.15) is 17.0 Å². The fraction of sp³-hybridized carbons (Fsp3) is 0.0444. The number of hydrogen-bond donors (Lipinski definition) is 0. The summed E-state index contributed by atoms with van der Waals surface area (Å²) in [6.07, 6.45) is 0.865. The molecule has 0 atom stereocenters. The minimum absolute atomic E-state index is 0.865. The van der Waals surface area contributed by atoms with E-state index in [4.69, 9.17) is 9.40 Å². The second kappa shape index (κ2) is 10.4. The Morgan fingerprint density at radius 3 is 1.81 bits per heavy atom. The van der Waals surface area contributed by atoms with Crippen LogP contribution in [0.5, 0.6) is 0 Å². The minimum atomic E-state index is 0.865. The molecule has 0 unspecified atom stereocenters. The number of para-hydroxylation sites is 2. The van der Waals surface area contributed by atoms with Crippen LogP contribution in [-0.4, -0.2) is 9.55 Å². The molecule has 8 aromatic carbocycles. The zero-order chi connectivity index (χ0) is 31.8. The highest BCUT2D eigenvalue weighted by Crippen LogP contribution is 2.45. The predicted octanol–water partition coefficient (Wildman–Crippen LogP) is 12.3. The average molecular weight is 615 g/mol. The zero-order valence-electron chi connectivity index (χ0n) is 26.4. The van der Waals surface area contributed by atoms with E-state index in [1.165, 1.54) is 60.0 Å². The fourth-order valence-electron chi connectivity index (χ4n) is 7.83. The van der Waals surface area contributed by atoms with Crippen molar-refractivity contribution in [3.05, 3.63) is 157 Å². The number of aromatic nitrogens is 2. The van der Waals surface area contributed by atoms with E-state index in [-0.39, 0.29) is 0 Å². The maximum Gasteiger partial charge on any atom is 0.136 e. The van der Waals surface area contributed by atoms with Gasteiger partial charge in [-0.25, -0.2) is 4.98 Å². The van der Waals surface area contributed by atoms with Crippen molar-refractivity contribution in [3.8, 4) is 27.9 Å². The topological polar surface area (TPSA) is 31.0 Å². The SMILES string of the molecule is CCc1nc2ccccc2n1-c1ccc(-c2c3ccccc3c(-c3ccc4oc5ccc6ccccc6c5c4c3)c3ccccc23)cc1. The quantitative estimate of drug-likeness (QED) is 0.185. The highest BCUT2D eigenvalue weighted by atomic mass is 16.3. The average Bonchev–Trinajstić information content (AvgIpc) is 3.72. The van der Waals surface area contributed by atoms with Gasteiger partial charge in [0, 0.05) is 22.9 Å². The Labute approximate surface area is 277 Å². The highest BCUT2D eigenvalue weighted by Gasteiger charge is 2.19. The molecule has 0 N–H and O–H groups in total. The summed E-state index contributed by atoms with van der Waals surface area (Å²) >= 11 is 0. The highest BCUT2D eigenvalue weighted by molar-refractivity contribution is 6.23. The number of aryl methyl sites for hydroxylation is 1. The van der Waals surface area contributed by atoms with Crippen LogP contribution in [0.1, 0.15) is 12.7 Å². The van der Waals surface area contributed by atoms with Crippen LogP contribution in [0.4, 0.5) is 0 Å². The monoisotopic (exact) mass is 614 g/mol. The van der Waals surface area contributed by atoms with Gasteiger partial charge in [0.05, 0.1) is 11.0 Å². The van der Waals surface area contributed by atoms with E-state index in [2.05, 4.69) is 163 Å². The predicted molar refractivity (Wildman–Crippen MR) is 201 cm³/mol. The van der Waals surface area contributed by atoms with Gasteiger partial charge in [-0.05, 0) is 97.0 Å². The molecule has 0 radical (unpaired) electrons. The molecule has 0 bridgehead atoms. The summed E-state index contributed by atoms with van der Waals surface area (Å²) < 4.78 is 8.66. The van der Waals surface area contributed by atoms with Crippen LogP contribution < -0.4 is 0 Å². The van der Waals surface area contributed by atoms with Gasteiger partial charge in [-0.1, -0.05) is 116 Å². The molecule has 0 fully saturated rings. The lowest BCUT2D eigenvalue weighted by Crippen LogP contribution is -2.00. The van der Waals surface area contributed by atoms with Gasteiger partial charge >= 0.3 is 0 Å². The van der Waals surface area contributed by atoms with Crippen LogP contribution in [0.3, 0.4) is 0 Å². The standard InChI is InChI=1S/C45H30N2O/c1-2-42-46-38-17-9-10-18-39(38)47(42)31-23-19-29(20-24-31)43-33-13-5-7-15-35(33)44(36-16-8-6-14-34(36)43)30-22-25-40-37(27-30)45-32-12-4-3-11-28(32)21-26-41(45)48-40/h3-27H,2H2,1H3. The fourth-order valence-corrected chi connectivity index (χ4v) is 7.83. The summed E-state index contributed by atoms with van der Waals surface area (Å²) in [6, 6.07) is 54.6. The molecule has 48 heavy (non-hydrogen) atoms. The summed E-state index contributed by atoms with van der Waals surface area (Å²) in [7, 11) is 0. The third-order valence-corrected chi connectivity index (χ3v) is 9.94. The van der Waals surface area contributed by atoms with Crippen LogP contribution in [0.2, 0.25) is 0 Å². The van der Waals surface area contributed by atoms with Crippen molar-refractivity contribution in [2.75, 3.05) is 0 Å². The van der Waals surface area contributed by atoms with Crippen molar-refractivity contribution in [1.29, 1.82) is 0 Å². The Morgan fingerprint density at radius 2 is 1.10 bits per heavy atom. The maximum atomic E-state index is 6.37. The number of rotatable bonds is 4.